The van der Waals surface area contributed by atoms with Crippen LogP contribution in [0.2, 0.25) is 10.0 Å². The van der Waals surface area contributed by atoms with Gasteiger partial charge in [-0.2, -0.15) is 0 Å². The van der Waals surface area contributed by atoms with Crippen LogP contribution in [-0.4, -0.2) is 36.1 Å². The van der Waals surface area contributed by atoms with E-state index in [0.717, 1.165) is 13.1 Å². The van der Waals surface area contributed by atoms with E-state index in [1.165, 1.54) is 25.9 Å². The van der Waals surface area contributed by atoms with Gasteiger partial charge >= 0.3 is 0 Å². The molecule has 1 aliphatic heterocycles. The Labute approximate surface area is 118 Å². The van der Waals surface area contributed by atoms with Gasteiger partial charge in [-0.3, -0.25) is 0 Å². The molecule has 1 unspecified atom stereocenters. The summed E-state index contributed by atoms with van der Waals surface area (Å²) in [5.41, 5.74) is 0. The third kappa shape index (κ3) is 4.01. The van der Waals surface area contributed by atoms with Crippen LogP contribution in [0.4, 0.5) is 5.82 Å². The van der Waals surface area contributed by atoms with E-state index in [1.54, 1.807) is 12.3 Å². The van der Waals surface area contributed by atoms with E-state index >= 15 is 0 Å². The topological polar surface area (TPSA) is 28.2 Å². The average molecular weight is 288 g/mol. The Morgan fingerprint density at radius 2 is 2.11 bits per heavy atom. The van der Waals surface area contributed by atoms with Crippen LogP contribution in [0.15, 0.2) is 12.3 Å². The summed E-state index contributed by atoms with van der Waals surface area (Å²) >= 11 is 11.9. The molecular formula is C13H19Cl2N3. The van der Waals surface area contributed by atoms with Gasteiger partial charge in [0.1, 0.15) is 5.82 Å². The van der Waals surface area contributed by atoms with Crippen molar-refractivity contribution in [3.8, 4) is 0 Å². The first-order valence-electron chi connectivity index (χ1n) is 6.42. The summed E-state index contributed by atoms with van der Waals surface area (Å²) in [6.45, 7) is 6.74. The summed E-state index contributed by atoms with van der Waals surface area (Å²) < 4.78 is 0. The summed E-state index contributed by atoms with van der Waals surface area (Å²) in [4.78, 5) is 6.71. The average Bonchev–Trinajstić information content (AvgIpc) is 2.80. The second-order valence-corrected chi connectivity index (χ2v) is 5.82. The van der Waals surface area contributed by atoms with Gasteiger partial charge in [0.05, 0.1) is 10.0 Å². The van der Waals surface area contributed by atoms with Gasteiger partial charge in [-0.25, -0.2) is 4.98 Å². The Morgan fingerprint density at radius 3 is 2.78 bits per heavy atom. The molecule has 0 radical (unpaired) electrons. The number of nitrogens with zero attached hydrogens (tertiary/aromatic N) is 2. The lowest BCUT2D eigenvalue weighted by molar-refractivity contribution is 0.294. The van der Waals surface area contributed by atoms with Crippen molar-refractivity contribution >= 4 is 29.0 Å². The van der Waals surface area contributed by atoms with E-state index < -0.39 is 0 Å². The SMILES string of the molecule is CC(CNc1ncc(Cl)cc1Cl)CN1CCCC1. The normalized spacial score (nSPS) is 17.9. The second kappa shape index (κ2) is 6.60. The Balaban J connectivity index is 1.79. The molecule has 1 fully saturated rings. The van der Waals surface area contributed by atoms with Crippen molar-refractivity contribution in [2.24, 2.45) is 5.92 Å². The van der Waals surface area contributed by atoms with Gasteiger partial charge in [0.15, 0.2) is 0 Å². The lowest BCUT2D eigenvalue weighted by atomic mass is 10.1. The maximum absolute atomic E-state index is 6.06. The summed E-state index contributed by atoms with van der Waals surface area (Å²) in [5, 5.41) is 4.43. The predicted octanol–water partition coefficient (Wildman–Crippen LogP) is 3.53. The van der Waals surface area contributed by atoms with E-state index in [0.29, 0.717) is 21.8 Å². The molecule has 0 bridgehead atoms. The highest BCUT2D eigenvalue weighted by Gasteiger charge is 2.14. The Kier molecular flexibility index (Phi) is 5.10. The maximum atomic E-state index is 6.06. The fourth-order valence-corrected chi connectivity index (χ4v) is 2.73. The molecule has 100 valence electrons. The number of hydrogen-bond donors (Lipinski definition) is 1. The number of anilines is 1. The van der Waals surface area contributed by atoms with Gasteiger partial charge in [-0.1, -0.05) is 30.1 Å². The molecule has 0 aliphatic carbocycles. The fourth-order valence-electron chi connectivity index (χ4n) is 2.29. The standard InChI is InChI=1S/C13H19Cl2N3/c1-10(9-18-4-2-3-5-18)7-16-13-12(15)6-11(14)8-17-13/h6,8,10H,2-5,7,9H2,1H3,(H,16,17). The lowest BCUT2D eigenvalue weighted by Crippen LogP contribution is -2.29. The molecular weight excluding hydrogens is 269 g/mol. The number of halogens is 2. The van der Waals surface area contributed by atoms with Crippen molar-refractivity contribution < 1.29 is 0 Å². The zero-order valence-corrected chi connectivity index (χ0v) is 12.1. The van der Waals surface area contributed by atoms with Gasteiger partial charge in [0, 0.05) is 19.3 Å². The highest BCUT2D eigenvalue weighted by molar-refractivity contribution is 6.35. The van der Waals surface area contributed by atoms with Crippen LogP contribution in [0.1, 0.15) is 19.8 Å². The van der Waals surface area contributed by atoms with E-state index in [1.807, 2.05) is 0 Å². The van der Waals surface area contributed by atoms with Crippen molar-refractivity contribution in [3.63, 3.8) is 0 Å². The summed E-state index contributed by atoms with van der Waals surface area (Å²) in [6, 6.07) is 1.71. The van der Waals surface area contributed by atoms with E-state index in [2.05, 4.69) is 22.1 Å². The largest absolute Gasteiger partial charge is 0.369 e. The smallest absolute Gasteiger partial charge is 0.144 e. The molecule has 1 aromatic rings. The second-order valence-electron chi connectivity index (χ2n) is 4.98. The van der Waals surface area contributed by atoms with Gasteiger partial charge in [-0.15, -0.1) is 0 Å². The number of nitrogens with one attached hydrogen (secondary N) is 1. The van der Waals surface area contributed by atoms with Crippen LogP contribution in [0.3, 0.4) is 0 Å². The van der Waals surface area contributed by atoms with Crippen molar-refractivity contribution in [3.05, 3.63) is 22.3 Å². The number of likely N-dealkylation sites (tertiary alicyclic amines) is 1. The Morgan fingerprint density at radius 1 is 1.39 bits per heavy atom. The molecule has 1 saturated heterocycles. The molecule has 2 rings (SSSR count). The fraction of sp³-hybridized carbons (Fsp3) is 0.615. The first-order chi connectivity index (χ1) is 8.65. The highest BCUT2D eigenvalue weighted by Crippen LogP contribution is 2.22. The van der Waals surface area contributed by atoms with E-state index in [-0.39, 0.29) is 0 Å². The zero-order valence-electron chi connectivity index (χ0n) is 10.6. The molecule has 0 saturated carbocycles. The first-order valence-corrected chi connectivity index (χ1v) is 7.18. The molecule has 1 atom stereocenters. The third-order valence-electron chi connectivity index (χ3n) is 3.19. The number of pyridine rings is 1. The molecule has 3 nitrogen and oxygen atoms in total. The predicted molar refractivity (Wildman–Crippen MR) is 77.6 cm³/mol. The molecule has 5 heteroatoms. The van der Waals surface area contributed by atoms with Crippen LogP contribution >= 0.6 is 23.2 Å². The van der Waals surface area contributed by atoms with Crippen molar-refractivity contribution in [2.45, 2.75) is 19.8 Å². The van der Waals surface area contributed by atoms with Crippen LogP contribution in [0, 0.1) is 5.92 Å². The highest BCUT2D eigenvalue weighted by atomic mass is 35.5. The van der Waals surface area contributed by atoms with Gasteiger partial charge < -0.3 is 10.2 Å². The van der Waals surface area contributed by atoms with Crippen molar-refractivity contribution in [2.75, 3.05) is 31.5 Å². The zero-order chi connectivity index (χ0) is 13.0. The summed E-state index contributed by atoms with van der Waals surface area (Å²) in [7, 11) is 0. The maximum Gasteiger partial charge on any atom is 0.144 e. The van der Waals surface area contributed by atoms with Crippen LogP contribution in [0.5, 0.6) is 0 Å². The molecule has 18 heavy (non-hydrogen) atoms. The molecule has 1 aliphatic rings. The Bertz CT molecular complexity index is 392. The minimum Gasteiger partial charge on any atom is -0.369 e. The number of aromatic nitrogens is 1. The van der Waals surface area contributed by atoms with Crippen molar-refractivity contribution in [1.29, 1.82) is 0 Å². The summed E-state index contributed by atoms with van der Waals surface area (Å²) in [5.74, 6) is 1.30. The molecule has 2 heterocycles. The first kappa shape index (κ1) is 13.9. The molecule has 0 amide bonds. The lowest BCUT2D eigenvalue weighted by Gasteiger charge is -2.20. The summed E-state index contributed by atoms with van der Waals surface area (Å²) in [6.07, 6.45) is 4.29. The molecule has 1 N–H and O–H groups in total. The van der Waals surface area contributed by atoms with Crippen molar-refractivity contribution in [1.82, 2.24) is 9.88 Å². The van der Waals surface area contributed by atoms with E-state index in [4.69, 9.17) is 23.2 Å². The van der Waals surface area contributed by atoms with Gasteiger partial charge in [0.2, 0.25) is 0 Å². The minimum absolute atomic E-state index is 0.565. The van der Waals surface area contributed by atoms with Gasteiger partial charge in [0.25, 0.3) is 0 Å². The Hall–Kier alpha value is -0.510. The quantitative estimate of drug-likeness (QED) is 0.898. The molecule has 0 spiro atoms. The molecule has 0 aromatic carbocycles. The molecule has 1 aromatic heterocycles. The third-order valence-corrected chi connectivity index (χ3v) is 3.69. The number of hydrogen-bond acceptors (Lipinski definition) is 3. The van der Waals surface area contributed by atoms with Gasteiger partial charge in [-0.05, 0) is 37.9 Å². The van der Waals surface area contributed by atoms with E-state index in [9.17, 15) is 0 Å². The van der Waals surface area contributed by atoms with Crippen LogP contribution in [0.25, 0.3) is 0 Å². The monoisotopic (exact) mass is 287 g/mol. The minimum atomic E-state index is 0.565. The number of rotatable bonds is 5. The van der Waals surface area contributed by atoms with Crippen LogP contribution in [-0.2, 0) is 0 Å². The van der Waals surface area contributed by atoms with Crippen LogP contribution < -0.4 is 5.32 Å².